The average molecular weight is 299 g/mol. The molecule has 22 heavy (non-hydrogen) atoms. The maximum atomic E-state index is 12.8. The molecule has 1 fully saturated rings. The van der Waals surface area contributed by atoms with Crippen LogP contribution in [0.2, 0.25) is 0 Å². The first-order valence-electron chi connectivity index (χ1n) is 7.65. The van der Waals surface area contributed by atoms with Gasteiger partial charge in [0, 0.05) is 26.4 Å². The minimum absolute atomic E-state index is 0.0412. The number of aryl methyl sites for hydroxylation is 1. The Labute approximate surface area is 130 Å². The normalized spacial score (nSPS) is 17.6. The molecule has 1 aromatic heterocycles. The maximum absolute atomic E-state index is 12.8. The first kappa shape index (κ1) is 14.8. The van der Waals surface area contributed by atoms with E-state index in [1.807, 2.05) is 30.1 Å². The molecule has 0 radical (unpaired) electrons. The SMILES string of the molecule is Cn1cc(C(=O)N(CCc2ccccc2)C2CCOC2)cn1. The summed E-state index contributed by atoms with van der Waals surface area (Å²) in [5.41, 5.74) is 1.88. The van der Waals surface area contributed by atoms with Crippen molar-refractivity contribution in [2.45, 2.75) is 18.9 Å². The molecule has 0 aliphatic carbocycles. The molecule has 1 aliphatic heterocycles. The number of ether oxygens (including phenoxy) is 1. The lowest BCUT2D eigenvalue weighted by Crippen LogP contribution is -2.42. The van der Waals surface area contributed by atoms with E-state index in [2.05, 4.69) is 17.2 Å². The molecule has 116 valence electrons. The Bertz CT molecular complexity index is 618. The third-order valence-corrected chi connectivity index (χ3v) is 4.04. The number of amides is 1. The zero-order valence-corrected chi connectivity index (χ0v) is 12.8. The summed E-state index contributed by atoms with van der Waals surface area (Å²) in [5, 5.41) is 4.10. The van der Waals surface area contributed by atoms with E-state index in [4.69, 9.17) is 4.74 Å². The van der Waals surface area contributed by atoms with Gasteiger partial charge < -0.3 is 9.64 Å². The molecule has 5 heteroatoms. The van der Waals surface area contributed by atoms with E-state index >= 15 is 0 Å². The first-order valence-corrected chi connectivity index (χ1v) is 7.65. The number of rotatable bonds is 5. The molecule has 0 bridgehead atoms. The van der Waals surface area contributed by atoms with Crippen molar-refractivity contribution in [2.75, 3.05) is 19.8 Å². The Kier molecular flexibility index (Phi) is 4.53. The Morgan fingerprint density at radius 3 is 2.86 bits per heavy atom. The molecule has 0 saturated carbocycles. The number of aromatic nitrogens is 2. The van der Waals surface area contributed by atoms with E-state index in [1.165, 1.54) is 5.56 Å². The molecular formula is C17H21N3O2. The molecule has 1 aromatic carbocycles. The van der Waals surface area contributed by atoms with Gasteiger partial charge in [-0.25, -0.2) is 0 Å². The van der Waals surface area contributed by atoms with Gasteiger partial charge in [0.1, 0.15) is 0 Å². The van der Waals surface area contributed by atoms with Crippen LogP contribution in [0, 0.1) is 0 Å². The zero-order chi connectivity index (χ0) is 15.4. The highest BCUT2D eigenvalue weighted by atomic mass is 16.5. The van der Waals surface area contributed by atoms with Crippen LogP contribution < -0.4 is 0 Å². The van der Waals surface area contributed by atoms with Gasteiger partial charge in [-0.15, -0.1) is 0 Å². The van der Waals surface area contributed by atoms with Crippen LogP contribution in [0.4, 0.5) is 0 Å². The summed E-state index contributed by atoms with van der Waals surface area (Å²) in [4.78, 5) is 14.7. The van der Waals surface area contributed by atoms with Gasteiger partial charge in [-0.2, -0.15) is 5.10 Å². The summed E-state index contributed by atoms with van der Waals surface area (Å²) in [5.74, 6) is 0.0412. The number of hydrogen-bond acceptors (Lipinski definition) is 3. The minimum Gasteiger partial charge on any atom is -0.379 e. The topological polar surface area (TPSA) is 47.4 Å². The Balaban J connectivity index is 1.73. The highest BCUT2D eigenvalue weighted by Gasteiger charge is 2.28. The van der Waals surface area contributed by atoms with Gasteiger partial charge in [0.15, 0.2) is 0 Å². The van der Waals surface area contributed by atoms with Crippen LogP contribution in [0.25, 0.3) is 0 Å². The standard InChI is InChI=1S/C17H21N3O2/c1-19-12-15(11-18-19)17(21)20(16-8-10-22-13-16)9-7-14-5-3-2-4-6-14/h2-6,11-12,16H,7-10,13H2,1H3. The summed E-state index contributed by atoms with van der Waals surface area (Å²) >= 11 is 0. The van der Waals surface area contributed by atoms with E-state index in [0.717, 1.165) is 19.4 Å². The molecule has 3 rings (SSSR count). The third kappa shape index (κ3) is 3.36. The van der Waals surface area contributed by atoms with Crippen molar-refractivity contribution in [1.29, 1.82) is 0 Å². The zero-order valence-electron chi connectivity index (χ0n) is 12.8. The quantitative estimate of drug-likeness (QED) is 0.847. The van der Waals surface area contributed by atoms with Crippen LogP contribution >= 0.6 is 0 Å². The lowest BCUT2D eigenvalue weighted by molar-refractivity contribution is 0.0656. The maximum Gasteiger partial charge on any atom is 0.257 e. The summed E-state index contributed by atoms with van der Waals surface area (Å²) in [7, 11) is 1.82. The van der Waals surface area contributed by atoms with Crippen molar-refractivity contribution >= 4 is 5.91 Å². The molecule has 0 spiro atoms. The smallest absolute Gasteiger partial charge is 0.257 e. The number of carbonyl (C=O) groups is 1. The second-order valence-electron chi connectivity index (χ2n) is 5.65. The van der Waals surface area contributed by atoms with Crippen molar-refractivity contribution in [3.05, 3.63) is 53.9 Å². The van der Waals surface area contributed by atoms with Gasteiger partial charge in [0.05, 0.1) is 24.4 Å². The van der Waals surface area contributed by atoms with Gasteiger partial charge in [-0.05, 0) is 18.4 Å². The highest BCUT2D eigenvalue weighted by molar-refractivity contribution is 5.94. The molecule has 1 saturated heterocycles. The van der Waals surface area contributed by atoms with Crippen LogP contribution in [-0.4, -0.2) is 46.4 Å². The molecule has 0 N–H and O–H groups in total. The van der Waals surface area contributed by atoms with Gasteiger partial charge in [-0.3, -0.25) is 9.48 Å². The fraction of sp³-hybridized carbons (Fsp3) is 0.412. The van der Waals surface area contributed by atoms with Gasteiger partial charge >= 0.3 is 0 Å². The average Bonchev–Trinajstić information content (AvgIpc) is 3.20. The summed E-state index contributed by atoms with van der Waals surface area (Å²) in [6.07, 6.45) is 5.16. The lowest BCUT2D eigenvalue weighted by Gasteiger charge is -2.27. The van der Waals surface area contributed by atoms with Crippen molar-refractivity contribution < 1.29 is 9.53 Å². The molecule has 1 unspecified atom stereocenters. The van der Waals surface area contributed by atoms with Crippen molar-refractivity contribution in [1.82, 2.24) is 14.7 Å². The number of hydrogen-bond donors (Lipinski definition) is 0. The summed E-state index contributed by atoms with van der Waals surface area (Å²) in [6, 6.07) is 10.4. The second-order valence-corrected chi connectivity index (χ2v) is 5.65. The van der Waals surface area contributed by atoms with Crippen LogP contribution in [0.5, 0.6) is 0 Å². The molecule has 1 amide bonds. The first-order chi connectivity index (χ1) is 10.7. The fourth-order valence-electron chi connectivity index (χ4n) is 2.81. The highest BCUT2D eigenvalue weighted by Crippen LogP contribution is 2.17. The predicted molar refractivity (Wildman–Crippen MR) is 83.6 cm³/mol. The van der Waals surface area contributed by atoms with Crippen LogP contribution in [-0.2, 0) is 18.2 Å². The lowest BCUT2D eigenvalue weighted by atomic mass is 10.1. The van der Waals surface area contributed by atoms with E-state index in [-0.39, 0.29) is 11.9 Å². The van der Waals surface area contributed by atoms with E-state index in [0.29, 0.717) is 18.7 Å². The molecule has 1 atom stereocenters. The van der Waals surface area contributed by atoms with Crippen LogP contribution in [0.1, 0.15) is 22.3 Å². The van der Waals surface area contributed by atoms with Crippen molar-refractivity contribution in [3.63, 3.8) is 0 Å². The van der Waals surface area contributed by atoms with Crippen molar-refractivity contribution in [2.24, 2.45) is 7.05 Å². The van der Waals surface area contributed by atoms with E-state index in [9.17, 15) is 4.79 Å². The summed E-state index contributed by atoms with van der Waals surface area (Å²) in [6.45, 7) is 2.05. The fourth-order valence-corrected chi connectivity index (χ4v) is 2.81. The van der Waals surface area contributed by atoms with Gasteiger partial charge in [0.25, 0.3) is 5.91 Å². The minimum atomic E-state index is 0.0412. The van der Waals surface area contributed by atoms with E-state index in [1.54, 1.807) is 17.1 Å². The molecule has 5 nitrogen and oxygen atoms in total. The largest absolute Gasteiger partial charge is 0.379 e. The number of nitrogens with zero attached hydrogens (tertiary/aromatic N) is 3. The molecule has 2 aromatic rings. The second kappa shape index (κ2) is 6.75. The number of carbonyl (C=O) groups excluding carboxylic acids is 1. The Hall–Kier alpha value is -2.14. The Morgan fingerprint density at radius 1 is 1.41 bits per heavy atom. The summed E-state index contributed by atoms with van der Waals surface area (Å²) < 4.78 is 7.13. The van der Waals surface area contributed by atoms with E-state index < -0.39 is 0 Å². The third-order valence-electron chi connectivity index (χ3n) is 4.04. The van der Waals surface area contributed by atoms with Crippen LogP contribution in [0.3, 0.4) is 0 Å². The predicted octanol–water partition coefficient (Wildman–Crippen LogP) is 1.89. The molecule has 2 heterocycles. The molecule has 1 aliphatic rings. The molecular weight excluding hydrogens is 278 g/mol. The van der Waals surface area contributed by atoms with Crippen molar-refractivity contribution in [3.8, 4) is 0 Å². The van der Waals surface area contributed by atoms with Gasteiger partial charge in [0.2, 0.25) is 0 Å². The van der Waals surface area contributed by atoms with Gasteiger partial charge in [-0.1, -0.05) is 30.3 Å². The Morgan fingerprint density at radius 2 is 2.23 bits per heavy atom. The van der Waals surface area contributed by atoms with Crippen LogP contribution in [0.15, 0.2) is 42.7 Å². The monoisotopic (exact) mass is 299 g/mol. The number of benzene rings is 1.